The number of pyridine rings is 1. The lowest BCUT2D eigenvalue weighted by Gasteiger charge is -2.22. The summed E-state index contributed by atoms with van der Waals surface area (Å²) in [4.78, 5) is 29.4. The van der Waals surface area contributed by atoms with E-state index in [0.29, 0.717) is 17.2 Å². The Bertz CT molecular complexity index is 1650. The van der Waals surface area contributed by atoms with Crippen molar-refractivity contribution < 1.29 is 9.90 Å². The highest BCUT2D eigenvalue weighted by Crippen LogP contribution is 2.33. The summed E-state index contributed by atoms with van der Waals surface area (Å²) in [6.07, 6.45) is 1.89. The first kappa shape index (κ1) is 27.7. The van der Waals surface area contributed by atoms with Gasteiger partial charge in [0.15, 0.2) is 5.82 Å². The minimum atomic E-state index is -0.607. The third kappa shape index (κ3) is 6.02. The van der Waals surface area contributed by atoms with Gasteiger partial charge in [-0.2, -0.15) is 0 Å². The number of nitrogens with one attached hydrogen (secondary N) is 1. The third-order valence-electron chi connectivity index (χ3n) is 6.98. The molecule has 0 bridgehead atoms. The third-order valence-corrected chi connectivity index (χ3v) is 6.98. The molecule has 41 heavy (non-hydrogen) atoms. The Hall–Kier alpha value is -4.82. The van der Waals surface area contributed by atoms with Crippen molar-refractivity contribution in [2.24, 2.45) is 12.0 Å². The van der Waals surface area contributed by atoms with Gasteiger partial charge in [0.1, 0.15) is 11.3 Å². The van der Waals surface area contributed by atoms with Crippen LogP contribution < -0.4 is 10.2 Å². The van der Waals surface area contributed by atoms with E-state index in [9.17, 15) is 9.90 Å². The second-order valence-electron chi connectivity index (χ2n) is 10.0. The first-order chi connectivity index (χ1) is 19.9. The van der Waals surface area contributed by atoms with Gasteiger partial charge < -0.3 is 19.9 Å². The number of hydrogen-bond acceptors (Lipinski definition) is 6. The summed E-state index contributed by atoms with van der Waals surface area (Å²) in [5, 5.41) is 12.3. The number of imidazole rings is 1. The van der Waals surface area contributed by atoms with Crippen LogP contribution in [0.15, 0.2) is 96.2 Å². The quantitative estimate of drug-likeness (QED) is 0.236. The molecule has 2 heterocycles. The molecule has 5 aromatic rings. The summed E-state index contributed by atoms with van der Waals surface area (Å²) in [6.45, 7) is 3.90. The van der Waals surface area contributed by atoms with E-state index in [0.717, 1.165) is 45.5 Å². The van der Waals surface area contributed by atoms with Crippen LogP contribution in [0.1, 0.15) is 40.9 Å². The maximum absolute atomic E-state index is 12.6. The molecule has 2 aromatic heterocycles. The van der Waals surface area contributed by atoms with E-state index in [1.807, 2.05) is 102 Å². The Balaban J connectivity index is 1.60. The van der Waals surface area contributed by atoms with Crippen LogP contribution in [-0.4, -0.2) is 51.0 Å². The molecule has 3 aromatic carbocycles. The van der Waals surface area contributed by atoms with Crippen molar-refractivity contribution in [1.29, 1.82) is 0 Å². The Morgan fingerprint density at radius 1 is 1.00 bits per heavy atom. The van der Waals surface area contributed by atoms with Gasteiger partial charge in [-0.3, -0.25) is 4.79 Å². The van der Waals surface area contributed by atoms with Crippen LogP contribution in [0.25, 0.3) is 11.0 Å². The summed E-state index contributed by atoms with van der Waals surface area (Å²) in [6, 6.07) is 27.8. The molecule has 0 saturated carbocycles. The second kappa shape index (κ2) is 12.1. The fourth-order valence-electron chi connectivity index (χ4n) is 4.74. The summed E-state index contributed by atoms with van der Waals surface area (Å²) < 4.78 is 1.97. The van der Waals surface area contributed by atoms with Gasteiger partial charge in [0.05, 0.1) is 23.7 Å². The number of anilines is 2. The zero-order chi connectivity index (χ0) is 28.9. The maximum atomic E-state index is 12.6. The van der Waals surface area contributed by atoms with Gasteiger partial charge in [-0.15, -0.1) is 0 Å². The van der Waals surface area contributed by atoms with E-state index < -0.39 is 6.10 Å². The van der Waals surface area contributed by atoms with Crippen molar-refractivity contribution in [2.45, 2.75) is 26.4 Å². The predicted octanol–water partition coefficient (Wildman–Crippen LogP) is 5.58. The van der Waals surface area contributed by atoms with Crippen LogP contribution in [0.5, 0.6) is 0 Å². The van der Waals surface area contributed by atoms with Gasteiger partial charge in [0, 0.05) is 49.1 Å². The minimum Gasteiger partial charge on any atom is -0.392 e. The highest BCUT2D eigenvalue weighted by molar-refractivity contribution is 6.14. The molecule has 8 nitrogen and oxygen atoms in total. The lowest BCUT2D eigenvalue weighted by molar-refractivity contribution is 0.0924. The SMILES string of the molecule is CCc1cc(C(=O)NCC(C)O)ccc1N(C)c1cc2c(ncn2C)c(N=C(c2ccccc2)c2ccccc2)n1. The second-order valence-corrected chi connectivity index (χ2v) is 10.0. The topological polar surface area (TPSA) is 95.6 Å². The number of benzene rings is 3. The predicted molar refractivity (Wildman–Crippen MR) is 165 cm³/mol. The largest absolute Gasteiger partial charge is 0.392 e. The number of fused-ring (bicyclic) bond motifs is 1. The molecule has 0 radical (unpaired) electrons. The van der Waals surface area contributed by atoms with E-state index in [1.54, 1.807) is 19.3 Å². The zero-order valence-electron chi connectivity index (χ0n) is 23.7. The highest BCUT2D eigenvalue weighted by Gasteiger charge is 2.18. The molecule has 208 valence electrons. The first-order valence-electron chi connectivity index (χ1n) is 13.7. The average molecular weight is 547 g/mol. The van der Waals surface area contributed by atoms with Crippen molar-refractivity contribution in [2.75, 3.05) is 18.5 Å². The minimum absolute atomic E-state index is 0.202. The number of aliphatic hydroxyl groups is 1. The van der Waals surface area contributed by atoms with Crippen LogP contribution >= 0.6 is 0 Å². The molecule has 8 heteroatoms. The molecule has 0 aliphatic carbocycles. The van der Waals surface area contributed by atoms with E-state index in [2.05, 4.69) is 17.2 Å². The molecular formula is C33H34N6O2. The number of hydrogen-bond donors (Lipinski definition) is 2. The summed E-state index contributed by atoms with van der Waals surface area (Å²) in [5.74, 6) is 1.02. The monoisotopic (exact) mass is 546 g/mol. The van der Waals surface area contributed by atoms with Crippen molar-refractivity contribution in [3.05, 3.63) is 114 Å². The van der Waals surface area contributed by atoms with E-state index in [4.69, 9.17) is 9.98 Å². The van der Waals surface area contributed by atoms with Gasteiger partial charge in [0.25, 0.3) is 5.91 Å². The van der Waals surface area contributed by atoms with Gasteiger partial charge >= 0.3 is 0 Å². The van der Waals surface area contributed by atoms with Gasteiger partial charge in [-0.1, -0.05) is 67.6 Å². The normalized spacial score (nSPS) is 11.7. The van der Waals surface area contributed by atoms with E-state index in [-0.39, 0.29) is 12.5 Å². The van der Waals surface area contributed by atoms with Crippen LogP contribution in [0.4, 0.5) is 17.3 Å². The van der Waals surface area contributed by atoms with Crippen LogP contribution in [0.3, 0.4) is 0 Å². The van der Waals surface area contributed by atoms with Crippen molar-refractivity contribution in [3.63, 3.8) is 0 Å². The molecule has 1 atom stereocenters. The van der Waals surface area contributed by atoms with Gasteiger partial charge in [-0.25, -0.2) is 15.0 Å². The van der Waals surface area contributed by atoms with Crippen LogP contribution in [0, 0.1) is 0 Å². The van der Waals surface area contributed by atoms with Gasteiger partial charge in [0.2, 0.25) is 0 Å². The fourth-order valence-corrected chi connectivity index (χ4v) is 4.74. The first-order valence-corrected chi connectivity index (χ1v) is 13.7. The molecule has 5 rings (SSSR count). The lowest BCUT2D eigenvalue weighted by atomic mass is 10.0. The fraction of sp³-hybridized carbons (Fsp3) is 0.212. The molecule has 0 aliphatic heterocycles. The molecule has 0 aliphatic rings. The number of amides is 1. The number of aliphatic imine (C=N–C) groups is 1. The Morgan fingerprint density at radius 3 is 2.27 bits per heavy atom. The molecular weight excluding hydrogens is 512 g/mol. The van der Waals surface area contributed by atoms with Crippen LogP contribution in [0.2, 0.25) is 0 Å². The highest BCUT2D eigenvalue weighted by atomic mass is 16.3. The summed E-state index contributed by atoms with van der Waals surface area (Å²) >= 11 is 0. The van der Waals surface area contributed by atoms with Crippen LogP contribution in [-0.2, 0) is 13.5 Å². The Morgan fingerprint density at radius 2 is 1.66 bits per heavy atom. The van der Waals surface area contributed by atoms with Crippen molar-refractivity contribution in [3.8, 4) is 0 Å². The Labute approximate surface area is 240 Å². The number of rotatable bonds is 9. The van der Waals surface area contributed by atoms with E-state index >= 15 is 0 Å². The van der Waals surface area contributed by atoms with Crippen molar-refractivity contribution >= 4 is 40.0 Å². The zero-order valence-corrected chi connectivity index (χ0v) is 23.7. The molecule has 0 fully saturated rings. The number of carbonyl (C=O) groups excluding carboxylic acids is 1. The molecule has 2 N–H and O–H groups in total. The summed E-state index contributed by atoms with van der Waals surface area (Å²) in [7, 11) is 3.93. The van der Waals surface area contributed by atoms with Crippen molar-refractivity contribution in [1.82, 2.24) is 19.9 Å². The molecule has 0 spiro atoms. The number of aromatic nitrogens is 3. The smallest absolute Gasteiger partial charge is 0.251 e. The number of carbonyl (C=O) groups is 1. The van der Waals surface area contributed by atoms with Gasteiger partial charge in [-0.05, 0) is 37.1 Å². The molecule has 1 amide bonds. The Kier molecular flexibility index (Phi) is 8.21. The lowest BCUT2D eigenvalue weighted by Crippen LogP contribution is -2.30. The standard InChI is InChI=1S/C33H34N6O2/c1-5-23-18-26(33(41)34-20-22(2)40)16-17-27(23)39(4)29-19-28-31(35-21-38(28)3)32(36-29)37-30(24-12-8-6-9-13-24)25-14-10-7-11-15-25/h6-19,21-22,40H,5,20H2,1-4H3,(H,34,41). The number of aliphatic hydroxyl groups excluding tert-OH is 1. The average Bonchev–Trinajstić information content (AvgIpc) is 3.39. The number of aryl methyl sites for hydroxylation is 2. The maximum Gasteiger partial charge on any atom is 0.251 e. The number of nitrogens with zero attached hydrogens (tertiary/aromatic N) is 5. The summed E-state index contributed by atoms with van der Waals surface area (Å²) in [5.41, 5.74) is 6.91. The molecule has 1 unspecified atom stereocenters. The molecule has 0 saturated heterocycles. The van der Waals surface area contributed by atoms with E-state index in [1.165, 1.54) is 0 Å².